The maximum Gasteiger partial charge on any atom is 0.328 e. The summed E-state index contributed by atoms with van der Waals surface area (Å²) in [5, 5.41) is 9.64. The molecule has 0 spiro atoms. The predicted octanol–water partition coefficient (Wildman–Crippen LogP) is 6.50. The number of hydrogen-bond donors (Lipinski definition) is 1. The molecule has 190 valence electrons. The van der Waals surface area contributed by atoms with E-state index in [9.17, 15) is 18.8 Å². The Morgan fingerprint density at radius 1 is 1.08 bits per heavy atom. The summed E-state index contributed by atoms with van der Waals surface area (Å²) in [5.74, 6) is -1.91. The summed E-state index contributed by atoms with van der Waals surface area (Å²) in [6.45, 7) is 3.70. The summed E-state index contributed by atoms with van der Waals surface area (Å²) in [4.78, 5) is 41.3. The van der Waals surface area contributed by atoms with Gasteiger partial charge in [0.1, 0.15) is 5.82 Å². The number of carbonyl (C=O) groups excluding carboxylic acids is 2. The third-order valence-corrected chi connectivity index (χ3v) is 6.64. The minimum Gasteiger partial charge on any atom is -0.478 e. The molecule has 6 nitrogen and oxygen atoms in total. The Labute approximate surface area is 219 Å². The second kappa shape index (κ2) is 11.0. The Bertz CT molecular complexity index is 1360. The van der Waals surface area contributed by atoms with Crippen LogP contribution in [-0.2, 0) is 9.59 Å². The van der Waals surface area contributed by atoms with Crippen LogP contribution in [0.25, 0.3) is 6.08 Å². The van der Waals surface area contributed by atoms with Crippen molar-refractivity contribution in [3.63, 3.8) is 0 Å². The quantitative estimate of drug-likeness (QED) is 0.376. The number of hydrogen-bond acceptors (Lipinski definition) is 3. The first kappa shape index (κ1) is 26.1. The standard InChI is InChI=1S/C29H26ClFN2O4/c1-3-27(34)33(23-12-8-21(30)9-13-23)26-16-18(2)32(29(37)20-6-10-22(31)11-7-20)25-14-4-19(17-24(25)26)5-15-28(35)36/h4-15,17-18,26H,3,16H2,1-2H3,(H,35,36)/b15-5+. The van der Waals surface area contributed by atoms with Gasteiger partial charge >= 0.3 is 5.97 Å². The monoisotopic (exact) mass is 520 g/mol. The van der Waals surface area contributed by atoms with Crippen LogP contribution in [0, 0.1) is 5.82 Å². The van der Waals surface area contributed by atoms with E-state index in [4.69, 9.17) is 16.7 Å². The highest BCUT2D eigenvalue weighted by molar-refractivity contribution is 6.30. The molecule has 1 N–H and O–H groups in total. The maximum atomic E-state index is 13.6. The Hall–Kier alpha value is -3.97. The number of carboxylic acids is 1. The molecule has 1 heterocycles. The van der Waals surface area contributed by atoms with Crippen molar-refractivity contribution in [2.24, 2.45) is 0 Å². The van der Waals surface area contributed by atoms with Gasteiger partial charge in [-0.3, -0.25) is 9.59 Å². The third-order valence-electron chi connectivity index (χ3n) is 6.39. The fourth-order valence-corrected chi connectivity index (χ4v) is 4.80. The van der Waals surface area contributed by atoms with Crippen LogP contribution in [0.15, 0.2) is 72.8 Å². The second-order valence-electron chi connectivity index (χ2n) is 8.87. The van der Waals surface area contributed by atoms with Crippen LogP contribution in [0.2, 0.25) is 5.02 Å². The van der Waals surface area contributed by atoms with E-state index in [0.717, 1.165) is 6.08 Å². The number of carboxylic acid groups (broad SMARTS) is 1. The van der Waals surface area contributed by atoms with E-state index in [-0.39, 0.29) is 24.3 Å². The summed E-state index contributed by atoms with van der Waals surface area (Å²) in [5.41, 5.74) is 2.94. The number of amides is 2. The van der Waals surface area contributed by atoms with Gasteiger partial charge < -0.3 is 14.9 Å². The molecule has 37 heavy (non-hydrogen) atoms. The molecule has 0 radical (unpaired) electrons. The zero-order chi connectivity index (χ0) is 26.7. The lowest BCUT2D eigenvalue weighted by molar-refractivity contribution is -0.131. The Morgan fingerprint density at radius 3 is 2.38 bits per heavy atom. The molecule has 3 aromatic rings. The van der Waals surface area contributed by atoms with E-state index in [1.165, 1.54) is 30.3 Å². The summed E-state index contributed by atoms with van der Waals surface area (Å²) >= 11 is 6.10. The molecule has 0 fully saturated rings. The first-order chi connectivity index (χ1) is 17.7. The molecule has 0 bridgehead atoms. The highest BCUT2D eigenvalue weighted by atomic mass is 35.5. The van der Waals surface area contributed by atoms with Crippen molar-refractivity contribution in [3.8, 4) is 0 Å². The van der Waals surface area contributed by atoms with Crippen LogP contribution in [0.1, 0.15) is 54.2 Å². The van der Waals surface area contributed by atoms with Crippen LogP contribution in [0.4, 0.5) is 15.8 Å². The summed E-state index contributed by atoms with van der Waals surface area (Å²) in [6.07, 6.45) is 3.20. The molecule has 0 saturated heterocycles. The number of carbonyl (C=O) groups is 3. The molecular formula is C29H26ClFN2O4. The second-order valence-corrected chi connectivity index (χ2v) is 9.30. The Balaban J connectivity index is 1.87. The van der Waals surface area contributed by atoms with Crippen molar-refractivity contribution in [3.05, 3.63) is 100 Å². The number of aliphatic carboxylic acids is 1. The summed E-state index contributed by atoms with van der Waals surface area (Å²) in [7, 11) is 0. The van der Waals surface area contributed by atoms with Crippen molar-refractivity contribution in [2.45, 2.75) is 38.8 Å². The molecule has 2 atom stereocenters. The van der Waals surface area contributed by atoms with Crippen LogP contribution < -0.4 is 9.80 Å². The predicted molar refractivity (Wildman–Crippen MR) is 142 cm³/mol. The lowest BCUT2D eigenvalue weighted by Crippen LogP contribution is -2.47. The molecule has 8 heteroatoms. The average Bonchev–Trinajstić information content (AvgIpc) is 2.88. The van der Waals surface area contributed by atoms with Crippen LogP contribution in [0.5, 0.6) is 0 Å². The highest BCUT2D eigenvalue weighted by Crippen LogP contribution is 2.43. The molecule has 2 unspecified atom stereocenters. The molecule has 3 aromatic carbocycles. The summed E-state index contributed by atoms with van der Waals surface area (Å²) in [6, 6.07) is 17.0. The van der Waals surface area contributed by atoms with Gasteiger partial charge in [-0.1, -0.05) is 24.6 Å². The average molecular weight is 521 g/mol. The molecule has 0 aliphatic carbocycles. The number of rotatable bonds is 6. The van der Waals surface area contributed by atoms with E-state index in [0.29, 0.717) is 39.5 Å². The first-order valence-corrected chi connectivity index (χ1v) is 12.3. The maximum absolute atomic E-state index is 13.6. The molecule has 4 rings (SSSR count). The molecule has 0 saturated carbocycles. The van der Waals surface area contributed by atoms with Crippen LogP contribution >= 0.6 is 11.6 Å². The van der Waals surface area contributed by atoms with Crippen molar-refractivity contribution >= 4 is 46.8 Å². The Morgan fingerprint density at radius 2 is 1.76 bits per heavy atom. The van der Waals surface area contributed by atoms with Crippen molar-refractivity contribution in [2.75, 3.05) is 9.80 Å². The van der Waals surface area contributed by atoms with E-state index in [2.05, 4.69) is 0 Å². The fraction of sp³-hybridized carbons (Fsp3) is 0.207. The van der Waals surface area contributed by atoms with Gasteiger partial charge in [-0.05, 0) is 91.2 Å². The minimum absolute atomic E-state index is 0.102. The summed E-state index contributed by atoms with van der Waals surface area (Å²) < 4.78 is 13.5. The van der Waals surface area contributed by atoms with Gasteiger partial charge in [0.15, 0.2) is 0 Å². The smallest absolute Gasteiger partial charge is 0.328 e. The van der Waals surface area contributed by atoms with Gasteiger partial charge in [-0.2, -0.15) is 0 Å². The van der Waals surface area contributed by atoms with Crippen molar-refractivity contribution in [1.29, 1.82) is 0 Å². The number of halogens is 2. The number of nitrogens with zero attached hydrogens (tertiary/aromatic N) is 2. The fourth-order valence-electron chi connectivity index (χ4n) is 4.68. The number of benzene rings is 3. The van der Waals surface area contributed by atoms with E-state index < -0.39 is 17.8 Å². The van der Waals surface area contributed by atoms with Gasteiger partial charge in [0, 0.05) is 40.5 Å². The zero-order valence-corrected chi connectivity index (χ0v) is 21.2. The van der Waals surface area contributed by atoms with E-state index in [1.807, 2.05) is 13.0 Å². The Kier molecular flexibility index (Phi) is 7.74. The lowest BCUT2D eigenvalue weighted by atomic mass is 9.88. The van der Waals surface area contributed by atoms with Gasteiger partial charge in [0.05, 0.1) is 6.04 Å². The van der Waals surface area contributed by atoms with Crippen molar-refractivity contribution < 1.29 is 23.9 Å². The largest absolute Gasteiger partial charge is 0.478 e. The molecule has 1 aliphatic heterocycles. The molecule has 2 amide bonds. The third kappa shape index (κ3) is 5.57. The molecular weight excluding hydrogens is 495 g/mol. The lowest BCUT2D eigenvalue weighted by Gasteiger charge is -2.43. The van der Waals surface area contributed by atoms with Gasteiger partial charge in [-0.25, -0.2) is 9.18 Å². The van der Waals surface area contributed by atoms with Gasteiger partial charge in [-0.15, -0.1) is 0 Å². The molecule has 1 aliphatic rings. The minimum atomic E-state index is -1.08. The van der Waals surface area contributed by atoms with Crippen LogP contribution in [0.3, 0.4) is 0 Å². The van der Waals surface area contributed by atoms with Gasteiger partial charge in [0.2, 0.25) is 5.91 Å². The normalized spacial score (nSPS) is 16.9. The van der Waals surface area contributed by atoms with Crippen molar-refractivity contribution in [1.82, 2.24) is 0 Å². The van der Waals surface area contributed by atoms with Crippen LogP contribution in [-0.4, -0.2) is 28.9 Å². The molecule has 0 aromatic heterocycles. The zero-order valence-electron chi connectivity index (χ0n) is 20.4. The van der Waals surface area contributed by atoms with E-state index >= 15 is 0 Å². The number of fused-ring (bicyclic) bond motifs is 1. The first-order valence-electron chi connectivity index (χ1n) is 11.9. The topological polar surface area (TPSA) is 77.9 Å². The van der Waals surface area contributed by atoms with Gasteiger partial charge in [0.25, 0.3) is 5.91 Å². The number of anilines is 2. The SMILES string of the molecule is CCC(=O)N(c1ccc(Cl)cc1)C1CC(C)N(C(=O)c2ccc(F)cc2)c2ccc(/C=C/C(=O)O)cc21. The van der Waals surface area contributed by atoms with E-state index in [1.54, 1.807) is 53.1 Å². The highest BCUT2D eigenvalue weighted by Gasteiger charge is 2.38.